The number of thiophene rings is 1. The third-order valence-electron chi connectivity index (χ3n) is 5.61. The van der Waals surface area contributed by atoms with Gasteiger partial charge in [-0.3, -0.25) is 0 Å². The molecule has 0 amide bonds. The van der Waals surface area contributed by atoms with E-state index >= 15 is 0 Å². The molecule has 0 aliphatic rings. The van der Waals surface area contributed by atoms with Gasteiger partial charge in [-0.1, -0.05) is 61.0 Å². The Bertz CT molecular complexity index is 1550. The van der Waals surface area contributed by atoms with Gasteiger partial charge in [-0.05, 0) is 47.5 Å². The highest BCUT2D eigenvalue weighted by Gasteiger charge is 2.27. The maximum atomic E-state index is 13.4. The SMILES string of the molecule is Cc1ccc(CNc2nc3c(S(=O)(=O)c4ccc(C(C)C)cc4)nnn3c3ccsc23)cc1. The van der Waals surface area contributed by atoms with Crippen molar-refractivity contribution in [3.8, 4) is 0 Å². The van der Waals surface area contributed by atoms with Gasteiger partial charge in [-0.15, -0.1) is 16.4 Å². The zero-order valence-electron chi connectivity index (χ0n) is 18.5. The van der Waals surface area contributed by atoms with Gasteiger partial charge < -0.3 is 5.32 Å². The van der Waals surface area contributed by atoms with Crippen LogP contribution in [0.1, 0.15) is 36.5 Å². The molecule has 0 aliphatic heterocycles. The van der Waals surface area contributed by atoms with Gasteiger partial charge in [0.15, 0.2) is 5.65 Å². The van der Waals surface area contributed by atoms with Gasteiger partial charge in [0.1, 0.15) is 5.82 Å². The number of aryl methyl sites for hydroxylation is 1. The Kier molecular flexibility index (Phi) is 5.38. The van der Waals surface area contributed by atoms with Crippen LogP contribution < -0.4 is 5.32 Å². The second-order valence-corrected chi connectivity index (χ2v) is 11.1. The van der Waals surface area contributed by atoms with E-state index in [1.54, 1.807) is 12.1 Å². The summed E-state index contributed by atoms with van der Waals surface area (Å²) in [5.41, 5.74) is 4.35. The van der Waals surface area contributed by atoms with Gasteiger partial charge in [-0.25, -0.2) is 13.4 Å². The molecule has 0 unspecified atom stereocenters. The number of nitrogens with zero attached hydrogens (tertiary/aromatic N) is 4. The second-order valence-electron chi connectivity index (χ2n) is 8.29. The Labute approximate surface area is 196 Å². The largest absolute Gasteiger partial charge is 0.365 e. The zero-order chi connectivity index (χ0) is 23.2. The summed E-state index contributed by atoms with van der Waals surface area (Å²) in [7, 11) is -3.89. The second kappa shape index (κ2) is 8.24. The quantitative estimate of drug-likeness (QED) is 0.361. The van der Waals surface area contributed by atoms with Crippen molar-refractivity contribution >= 4 is 42.9 Å². The Hall–Kier alpha value is -3.30. The molecule has 3 heterocycles. The normalized spacial score (nSPS) is 12.1. The summed E-state index contributed by atoms with van der Waals surface area (Å²) in [6, 6.07) is 17.0. The summed E-state index contributed by atoms with van der Waals surface area (Å²) < 4.78 is 29.2. The topological polar surface area (TPSA) is 89.2 Å². The van der Waals surface area contributed by atoms with Gasteiger partial charge in [0, 0.05) is 6.54 Å². The average Bonchev–Trinajstić information content (AvgIpc) is 3.46. The molecule has 168 valence electrons. The van der Waals surface area contributed by atoms with E-state index in [4.69, 9.17) is 0 Å². The van der Waals surface area contributed by atoms with Crippen molar-refractivity contribution in [2.75, 3.05) is 5.32 Å². The number of sulfone groups is 1. The van der Waals surface area contributed by atoms with E-state index in [-0.39, 0.29) is 15.6 Å². The third-order valence-corrected chi connectivity index (χ3v) is 8.19. The zero-order valence-corrected chi connectivity index (χ0v) is 20.1. The number of benzene rings is 2. The van der Waals surface area contributed by atoms with Crippen LogP contribution in [0.25, 0.3) is 15.9 Å². The highest BCUT2D eigenvalue weighted by molar-refractivity contribution is 7.91. The van der Waals surface area contributed by atoms with Crippen LogP contribution in [0.5, 0.6) is 0 Å². The summed E-state index contributed by atoms with van der Waals surface area (Å²) in [6.07, 6.45) is 0. The number of hydrogen-bond donors (Lipinski definition) is 1. The third kappa shape index (κ3) is 3.87. The van der Waals surface area contributed by atoms with Crippen LogP contribution in [0.2, 0.25) is 0 Å². The molecule has 0 radical (unpaired) electrons. The molecular weight excluding hydrogens is 454 g/mol. The van der Waals surface area contributed by atoms with Crippen LogP contribution in [-0.2, 0) is 16.4 Å². The van der Waals surface area contributed by atoms with Crippen molar-refractivity contribution in [2.24, 2.45) is 0 Å². The van der Waals surface area contributed by atoms with Crippen LogP contribution in [0.4, 0.5) is 5.82 Å². The van der Waals surface area contributed by atoms with E-state index in [1.807, 2.05) is 30.5 Å². The lowest BCUT2D eigenvalue weighted by molar-refractivity contribution is 0.592. The van der Waals surface area contributed by atoms with E-state index in [2.05, 4.69) is 58.7 Å². The van der Waals surface area contributed by atoms with Crippen LogP contribution in [-0.4, -0.2) is 28.2 Å². The number of anilines is 1. The smallest absolute Gasteiger partial charge is 0.229 e. The maximum absolute atomic E-state index is 13.4. The van der Waals surface area contributed by atoms with Crippen molar-refractivity contribution in [2.45, 2.75) is 43.2 Å². The van der Waals surface area contributed by atoms with Gasteiger partial charge in [0.05, 0.1) is 15.1 Å². The Balaban J connectivity index is 1.58. The lowest BCUT2D eigenvalue weighted by Crippen LogP contribution is -2.07. The van der Waals surface area contributed by atoms with Crippen LogP contribution in [0.3, 0.4) is 0 Å². The molecule has 0 saturated heterocycles. The number of nitrogens with one attached hydrogen (secondary N) is 1. The number of aromatic nitrogens is 4. The fraction of sp³-hybridized carbons (Fsp3) is 0.208. The van der Waals surface area contributed by atoms with Crippen molar-refractivity contribution in [3.63, 3.8) is 0 Å². The Morgan fingerprint density at radius 3 is 2.45 bits per heavy atom. The van der Waals surface area contributed by atoms with Crippen LogP contribution in [0, 0.1) is 6.92 Å². The fourth-order valence-corrected chi connectivity index (χ4v) is 5.72. The molecule has 7 nitrogen and oxygen atoms in total. The minimum Gasteiger partial charge on any atom is -0.365 e. The highest BCUT2D eigenvalue weighted by Crippen LogP contribution is 2.31. The summed E-state index contributed by atoms with van der Waals surface area (Å²) in [5, 5.41) is 13.3. The van der Waals surface area contributed by atoms with Gasteiger partial charge in [0.2, 0.25) is 14.9 Å². The minimum atomic E-state index is -3.89. The van der Waals surface area contributed by atoms with Crippen molar-refractivity contribution < 1.29 is 8.42 Å². The first-order valence-corrected chi connectivity index (χ1v) is 13.0. The average molecular weight is 478 g/mol. The first-order valence-electron chi connectivity index (χ1n) is 10.6. The minimum absolute atomic E-state index is 0.147. The van der Waals surface area contributed by atoms with Crippen molar-refractivity contribution in [1.29, 1.82) is 0 Å². The predicted octanol–water partition coefficient (Wildman–Crippen LogP) is 5.22. The first-order chi connectivity index (χ1) is 15.8. The number of fused-ring (bicyclic) bond motifs is 3. The molecule has 0 saturated carbocycles. The molecule has 0 bridgehead atoms. The standard InChI is InChI=1S/C24H23N5O2S2/c1-15(2)18-8-10-19(11-9-18)33(30,31)24-23-26-22(25-14-17-6-4-16(3)5-7-17)21-20(12-13-32-21)29(23)28-27-24/h4-13,15H,14H2,1-3H3,(H,25,26). The lowest BCUT2D eigenvalue weighted by atomic mass is 10.0. The Morgan fingerprint density at radius 1 is 1.03 bits per heavy atom. The first kappa shape index (κ1) is 21.5. The van der Waals surface area contributed by atoms with Crippen molar-refractivity contribution in [1.82, 2.24) is 19.8 Å². The maximum Gasteiger partial charge on any atom is 0.229 e. The van der Waals surface area contributed by atoms with Crippen LogP contribution >= 0.6 is 11.3 Å². The predicted molar refractivity (Wildman–Crippen MR) is 131 cm³/mol. The molecule has 2 aromatic carbocycles. The molecule has 5 aromatic rings. The highest BCUT2D eigenvalue weighted by atomic mass is 32.2. The number of rotatable bonds is 6. The van der Waals surface area contributed by atoms with E-state index in [0.29, 0.717) is 18.3 Å². The molecule has 0 fully saturated rings. The summed E-state index contributed by atoms with van der Waals surface area (Å²) in [4.78, 5) is 4.84. The molecule has 0 spiro atoms. The number of hydrogen-bond acceptors (Lipinski definition) is 7. The lowest BCUT2D eigenvalue weighted by Gasteiger charge is -2.09. The molecule has 5 rings (SSSR count). The summed E-state index contributed by atoms with van der Waals surface area (Å²) in [6.45, 7) is 6.75. The monoisotopic (exact) mass is 477 g/mol. The fourth-order valence-electron chi connectivity index (χ4n) is 3.65. The van der Waals surface area contributed by atoms with Gasteiger partial charge in [-0.2, -0.15) is 4.52 Å². The Morgan fingerprint density at radius 2 is 1.76 bits per heavy atom. The van der Waals surface area contributed by atoms with Crippen LogP contribution in [0.15, 0.2) is 69.9 Å². The van der Waals surface area contributed by atoms with Gasteiger partial charge in [0.25, 0.3) is 0 Å². The molecule has 33 heavy (non-hydrogen) atoms. The van der Waals surface area contributed by atoms with E-state index in [9.17, 15) is 8.42 Å². The summed E-state index contributed by atoms with van der Waals surface area (Å²) in [5.74, 6) is 0.926. The van der Waals surface area contributed by atoms with E-state index in [0.717, 1.165) is 21.3 Å². The molecule has 0 aliphatic carbocycles. The van der Waals surface area contributed by atoms with Gasteiger partial charge >= 0.3 is 0 Å². The molecular formula is C24H23N5O2S2. The molecule has 9 heteroatoms. The molecule has 1 N–H and O–H groups in total. The molecule has 3 aromatic heterocycles. The summed E-state index contributed by atoms with van der Waals surface area (Å²) >= 11 is 1.52. The molecule has 0 atom stereocenters. The van der Waals surface area contributed by atoms with E-state index in [1.165, 1.54) is 21.4 Å². The van der Waals surface area contributed by atoms with Crippen molar-refractivity contribution in [3.05, 3.63) is 76.7 Å². The van der Waals surface area contributed by atoms with E-state index < -0.39 is 9.84 Å².